The highest BCUT2D eigenvalue weighted by molar-refractivity contribution is 7.99. The van der Waals surface area contributed by atoms with Crippen LogP contribution in [0, 0.1) is 0 Å². The van der Waals surface area contributed by atoms with E-state index in [-0.39, 0.29) is 0 Å². The predicted molar refractivity (Wildman–Crippen MR) is 75.2 cm³/mol. The molecule has 0 amide bonds. The first kappa shape index (κ1) is 13.6. The molecule has 90 valence electrons. The van der Waals surface area contributed by atoms with Crippen LogP contribution in [0.2, 0.25) is 0 Å². The van der Waals surface area contributed by atoms with Gasteiger partial charge in [0.2, 0.25) is 0 Å². The van der Waals surface area contributed by atoms with Gasteiger partial charge in [0.15, 0.2) is 0 Å². The molecule has 0 spiro atoms. The summed E-state index contributed by atoms with van der Waals surface area (Å²) in [4.78, 5) is 0. The number of rotatable bonds is 6. The fourth-order valence-electron chi connectivity index (χ4n) is 1.52. The standard InChI is InChI=1S/C14H23NS/c1-11(2)14-7-5-13(6-8-14)10-15-9-12(3)16-4/h5-8,11-12,15H,9-10H2,1-4H3. The molecule has 0 aliphatic rings. The molecule has 0 aliphatic heterocycles. The summed E-state index contributed by atoms with van der Waals surface area (Å²) in [6, 6.07) is 8.93. The van der Waals surface area contributed by atoms with Gasteiger partial charge < -0.3 is 5.32 Å². The molecule has 1 rings (SSSR count). The minimum Gasteiger partial charge on any atom is -0.312 e. The highest BCUT2D eigenvalue weighted by atomic mass is 32.2. The minimum absolute atomic E-state index is 0.624. The average Bonchev–Trinajstić information content (AvgIpc) is 2.29. The molecule has 0 saturated heterocycles. The van der Waals surface area contributed by atoms with Crippen LogP contribution in [0.15, 0.2) is 24.3 Å². The third-order valence-electron chi connectivity index (χ3n) is 2.81. The Morgan fingerprint density at radius 1 is 1.12 bits per heavy atom. The Hall–Kier alpha value is -0.470. The van der Waals surface area contributed by atoms with Gasteiger partial charge in [0.1, 0.15) is 0 Å². The maximum absolute atomic E-state index is 3.48. The highest BCUT2D eigenvalue weighted by Gasteiger charge is 2.00. The SMILES string of the molecule is CSC(C)CNCc1ccc(C(C)C)cc1. The van der Waals surface area contributed by atoms with Crippen molar-refractivity contribution in [2.75, 3.05) is 12.8 Å². The van der Waals surface area contributed by atoms with Crippen molar-refractivity contribution in [1.82, 2.24) is 5.32 Å². The second-order valence-corrected chi connectivity index (χ2v) is 5.85. The van der Waals surface area contributed by atoms with Crippen LogP contribution in [0.3, 0.4) is 0 Å². The van der Waals surface area contributed by atoms with E-state index in [9.17, 15) is 0 Å². The Bertz CT molecular complexity index is 292. The van der Waals surface area contributed by atoms with Crippen LogP contribution in [0.4, 0.5) is 0 Å². The molecule has 0 aromatic heterocycles. The van der Waals surface area contributed by atoms with E-state index in [1.807, 2.05) is 11.8 Å². The first-order chi connectivity index (χ1) is 7.63. The van der Waals surface area contributed by atoms with Crippen molar-refractivity contribution < 1.29 is 0 Å². The quantitative estimate of drug-likeness (QED) is 0.810. The first-order valence-electron chi connectivity index (χ1n) is 5.95. The van der Waals surface area contributed by atoms with Crippen LogP contribution in [0.1, 0.15) is 37.8 Å². The lowest BCUT2D eigenvalue weighted by Crippen LogP contribution is -2.21. The molecule has 1 nitrogen and oxygen atoms in total. The molecular formula is C14H23NS. The minimum atomic E-state index is 0.624. The Morgan fingerprint density at radius 3 is 2.25 bits per heavy atom. The third kappa shape index (κ3) is 4.58. The van der Waals surface area contributed by atoms with Gasteiger partial charge in [0.25, 0.3) is 0 Å². The monoisotopic (exact) mass is 237 g/mol. The van der Waals surface area contributed by atoms with Crippen molar-refractivity contribution in [2.45, 2.75) is 38.5 Å². The summed E-state index contributed by atoms with van der Waals surface area (Å²) in [5.41, 5.74) is 2.79. The van der Waals surface area contributed by atoms with Gasteiger partial charge in [0, 0.05) is 18.3 Å². The second kappa shape index (κ2) is 6.97. The van der Waals surface area contributed by atoms with Crippen LogP contribution >= 0.6 is 11.8 Å². The zero-order valence-electron chi connectivity index (χ0n) is 10.8. The van der Waals surface area contributed by atoms with Gasteiger partial charge in [-0.25, -0.2) is 0 Å². The van der Waals surface area contributed by atoms with E-state index in [4.69, 9.17) is 0 Å². The Labute approximate surface area is 104 Å². The number of hydrogen-bond acceptors (Lipinski definition) is 2. The van der Waals surface area contributed by atoms with Crippen LogP contribution in [0.5, 0.6) is 0 Å². The molecule has 0 aliphatic carbocycles. The first-order valence-corrected chi connectivity index (χ1v) is 7.24. The highest BCUT2D eigenvalue weighted by Crippen LogP contribution is 2.14. The Kier molecular flexibility index (Phi) is 5.93. The number of hydrogen-bond donors (Lipinski definition) is 1. The van der Waals surface area contributed by atoms with Gasteiger partial charge in [-0.15, -0.1) is 0 Å². The van der Waals surface area contributed by atoms with E-state index >= 15 is 0 Å². The molecule has 0 fully saturated rings. The molecule has 0 saturated carbocycles. The van der Waals surface area contributed by atoms with Crippen molar-refractivity contribution in [1.29, 1.82) is 0 Å². The molecule has 1 aromatic rings. The summed E-state index contributed by atoms with van der Waals surface area (Å²) in [5.74, 6) is 0.624. The Morgan fingerprint density at radius 2 is 1.75 bits per heavy atom. The lowest BCUT2D eigenvalue weighted by Gasteiger charge is -2.10. The zero-order valence-corrected chi connectivity index (χ0v) is 11.6. The zero-order chi connectivity index (χ0) is 12.0. The smallest absolute Gasteiger partial charge is 0.0205 e. The fraction of sp³-hybridized carbons (Fsp3) is 0.571. The Balaban J connectivity index is 2.38. The van der Waals surface area contributed by atoms with Crippen molar-refractivity contribution in [2.24, 2.45) is 0 Å². The summed E-state index contributed by atoms with van der Waals surface area (Å²) in [6.45, 7) is 8.76. The van der Waals surface area contributed by atoms with Crippen molar-refractivity contribution in [3.05, 3.63) is 35.4 Å². The van der Waals surface area contributed by atoms with E-state index in [1.54, 1.807) is 0 Å². The predicted octanol–water partition coefficient (Wildman–Crippen LogP) is 3.65. The van der Waals surface area contributed by atoms with Crippen LogP contribution in [-0.2, 0) is 6.54 Å². The van der Waals surface area contributed by atoms with E-state index in [0.717, 1.165) is 13.1 Å². The summed E-state index contributed by atoms with van der Waals surface area (Å²) >= 11 is 1.90. The maximum Gasteiger partial charge on any atom is 0.0205 e. The molecule has 1 aromatic carbocycles. The fourth-order valence-corrected chi connectivity index (χ4v) is 1.81. The van der Waals surface area contributed by atoms with Crippen molar-refractivity contribution in [3.8, 4) is 0 Å². The lowest BCUT2D eigenvalue weighted by atomic mass is 10.0. The molecule has 2 heteroatoms. The molecule has 0 radical (unpaired) electrons. The number of nitrogens with one attached hydrogen (secondary N) is 1. The molecule has 1 N–H and O–H groups in total. The largest absolute Gasteiger partial charge is 0.312 e. The molecule has 0 bridgehead atoms. The molecular weight excluding hydrogens is 214 g/mol. The van der Waals surface area contributed by atoms with E-state index in [1.165, 1.54) is 11.1 Å². The molecule has 0 heterocycles. The second-order valence-electron chi connectivity index (χ2n) is 4.57. The normalized spacial score (nSPS) is 13.1. The van der Waals surface area contributed by atoms with Crippen molar-refractivity contribution >= 4 is 11.8 Å². The van der Waals surface area contributed by atoms with Gasteiger partial charge >= 0.3 is 0 Å². The maximum atomic E-state index is 3.48. The van der Waals surface area contributed by atoms with Crippen LogP contribution in [-0.4, -0.2) is 18.1 Å². The number of benzene rings is 1. The van der Waals surface area contributed by atoms with Crippen LogP contribution in [0.25, 0.3) is 0 Å². The summed E-state index contributed by atoms with van der Waals surface area (Å²) < 4.78 is 0. The lowest BCUT2D eigenvalue weighted by molar-refractivity contribution is 0.684. The topological polar surface area (TPSA) is 12.0 Å². The third-order valence-corrected chi connectivity index (χ3v) is 3.78. The summed E-state index contributed by atoms with van der Waals surface area (Å²) in [5, 5.41) is 4.17. The van der Waals surface area contributed by atoms with Crippen LogP contribution < -0.4 is 5.32 Å². The molecule has 1 unspecified atom stereocenters. The summed E-state index contributed by atoms with van der Waals surface area (Å²) in [7, 11) is 0. The van der Waals surface area contributed by atoms with Gasteiger partial charge in [0.05, 0.1) is 0 Å². The van der Waals surface area contributed by atoms with Gasteiger partial charge in [-0.1, -0.05) is 45.0 Å². The van der Waals surface area contributed by atoms with Gasteiger partial charge in [-0.2, -0.15) is 11.8 Å². The average molecular weight is 237 g/mol. The number of thioether (sulfide) groups is 1. The van der Waals surface area contributed by atoms with Crippen molar-refractivity contribution in [3.63, 3.8) is 0 Å². The van der Waals surface area contributed by atoms with E-state index < -0.39 is 0 Å². The van der Waals surface area contributed by atoms with E-state index in [0.29, 0.717) is 11.2 Å². The van der Waals surface area contributed by atoms with Gasteiger partial charge in [-0.3, -0.25) is 0 Å². The molecule has 1 atom stereocenters. The molecule has 16 heavy (non-hydrogen) atoms. The van der Waals surface area contributed by atoms with Gasteiger partial charge in [-0.05, 0) is 23.3 Å². The van der Waals surface area contributed by atoms with E-state index in [2.05, 4.69) is 56.6 Å². The summed E-state index contributed by atoms with van der Waals surface area (Å²) in [6.07, 6.45) is 2.16.